The summed E-state index contributed by atoms with van der Waals surface area (Å²) < 4.78 is 31.0. The molecule has 2 rings (SSSR count). The normalized spacial score (nSPS) is 11.6. The van der Waals surface area contributed by atoms with Gasteiger partial charge in [0.2, 0.25) is 5.88 Å². The number of nitrogens with one attached hydrogen (secondary N) is 1. The van der Waals surface area contributed by atoms with Crippen LogP contribution in [0.3, 0.4) is 0 Å². The van der Waals surface area contributed by atoms with Gasteiger partial charge in [0.1, 0.15) is 5.69 Å². The molecule has 0 aliphatic heterocycles. The van der Waals surface area contributed by atoms with E-state index in [4.69, 9.17) is 4.55 Å². The lowest BCUT2D eigenvalue weighted by Crippen LogP contribution is -1.99. The van der Waals surface area contributed by atoms with Crippen molar-refractivity contribution in [1.82, 2.24) is 10.2 Å². The molecule has 3 N–H and O–H groups in total. The molecular weight excluding hydrogens is 232 g/mol. The van der Waals surface area contributed by atoms with E-state index >= 15 is 0 Å². The summed E-state index contributed by atoms with van der Waals surface area (Å²) in [6.45, 7) is 0. The molecule has 0 aliphatic carbocycles. The molecule has 7 heteroatoms. The molecule has 1 aromatic carbocycles. The summed E-state index contributed by atoms with van der Waals surface area (Å²) in [6, 6.07) is 8.36. The second kappa shape index (κ2) is 3.62. The molecule has 0 aliphatic rings. The minimum absolute atomic E-state index is 0.0133. The van der Waals surface area contributed by atoms with Crippen molar-refractivity contribution in [3.63, 3.8) is 0 Å². The number of hydrogen-bond donors (Lipinski definition) is 3. The second-order valence-electron chi connectivity index (χ2n) is 3.09. The van der Waals surface area contributed by atoms with E-state index in [9.17, 15) is 13.5 Å². The number of aromatic nitrogens is 2. The maximum absolute atomic E-state index is 11.0. The van der Waals surface area contributed by atoms with Crippen molar-refractivity contribution >= 4 is 10.1 Å². The lowest BCUT2D eigenvalue weighted by Gasteiger charge is -1.99. The zero-order chi connectivity index (χ0) is 11.8. The van der Waals surface area contributed by atoms with E-state index in [1.807, 2.05) is 0 Å². The number of aromatic hydroxyl groups is 1. The van der Waals surface area contributed by atoms with Crippen LogP contribution in [0.1, 0.15) is 0 Å². The molecule has 0 fully saturated rings. The molecule has 16 heavy (non-hydrogen) atoms. The number of rotatable bonds is 2. The van der Waals surface area contributed by atoms with Gasteiger partial charge in [-0.3, -0.25) is 4.55 Å². The van der Waals surface area contributed by atoms with Crippen molar-refractivity contribution in [2.75, 3.05) is 0 Å². The minimum atomic E-state index is -4.51. The van der Waals surface area contributed by atoms with Crippen LogP contribution in [0, 0.1) is 0 Å². The molecule has 1 aromatic heterocycles. The smallest absolute Gasteiger partial charge is 0.302 e. The molecule has 0 amide bonds. The molecule has 0 unspecified atom stereocenters. The van der Waals surface area contributed by atoms with Gasteiger partial charge in [0.05, 0.1) is 0 Å². The first-order valence-electron chi connectivity index (χ1n) is 4.30. The maximum Gasteiger partial charge on any atom is 0.302 e. The molecule has 0 atom stereocenters. The van der Waals surface area contributed by atoms with Crippen LogP contribution in [-0.2, 0) is 10.1 Å². The number of H-pyrrole nitrogens is 1. The van der Waals surface area contributed by atoms with Crippen molar-refractivity contribution in [1.29, 1.82) is 0 Å². The highest BCUT2D eigenvalue weighted by Crippen LogP contribution is 2.30. The van der Waals surface area contributed by atoms with Crippen molar-refractivity contribution in [2.24, 2.45) is 0 Å². The van der Waals surface area contributed by atoms with E-state index in [0.717, 1.165) is 0 Å². The molecule has 0 spiro atoms. The Bertz CT molecular complexity index is 604. The van der Waals surface area contributed by atoms with Crippen molar-refractivity contribution in [3.05, 3.63) is 30.3 Å². The minimum Gasteiger partial charge on any atom is -0.493 e. The fourth-order valence-corrected chi connectivity index (χ4v) is 2.06. The average Bonchev–Trinajstić information content (AvgIpc) is 2.61. The first-order valence-corrected chi connectivity index (χ1v) is 5.74. The van der Waals surface area contributed by atoms with Gasteiger partial charge in [0.25, 0.3) is 0 Å². The Morgan fingerprint density at radius 3 is 2.38 bits per heavy atom. The number of aromatic amines is 1. The monoisotopic (exact) mass is 240 g/mol. The third-order valence-corrected chi connectivity index (χ3v) is 2.91. The summed E-state index contributed by atoms with van der Waals surface area (Å²) in [4.78, 5) is -0.612. The third-order valence-electron chi connectivity index (χ3n) is 2.01. The molecule has 0 saturated carbocycles. The van der Waals surface area contributed by atoms with E-state index in [-0.39, 0.29) is 5.69 Å². The molecular formula is C9H8N2O4S. The summed E-state index contributed by atoms with van der Waals surface area (Å²) in [5.41, 5.74) is 0.465. The number of hydrogen-bond acceptors (Lipinski definition) is 4. The third kappa shape index (κ3) is 1.77. The van der Waals surface area contributed by atoms with Gasteiger partial charge in [-0.15, -0.1) is 0 Å². The molecule has 1 heterocycles. The first-order chi connectivity index (χ1) is 7.50. The molecule has 0 radical (unpaired) electrons. The Balaban J connectivity index is 2.69. The van der Waals surface area contributed by atoms with E-state index in [2.05, 4.69) is 10.2 Å². The Labute approximate surface area is 91.3 Å². The predicted octanol–water partition coefficient (Wildman–Crippen LogP) is 1.03. The summed E-state index contributed by atoms with van der Waals surface area (Å²) >= 11 is 0. The van der Waals surface area contributed by atoms with E-state index in [1.54, 1.807) is 30.3 Å². The molecule has 84 valence electrons. The van der Waals surface area contributed by atoms with Crippen LogP contribution in [0.2, 0.25) is 0 Å². The summed E-state index contributed by atoms with van der Waals surface area (Å²) in [5, 5.41) is 15.0. The van der Waals surface area contributed by atoms with Crippen LogP contribution in [-0.4, -0.2) is 28.3 Å². The SMILES string of the molecule is O=S(=O)(O)c1c(-c2ccccc2)n[nH]c1O. The Morgan fingerprint density at radius 1 is 1.19 bits per heavy atom. The van der Waals surface area contributed by atoms with Gasteiger partial charge >= 0.3 is 10.1 Å². The quantitative estimate of drug-likeness (QED) is 0.680. The van der Waals surface area contributed by atoms with Gasteiger partial charge in [0, 0.05) is 5.56 Å². The second-order valence-corrected chi connectivity index (χ2v) is 4.45. The van der Waals surface area contributed by atoms with E-state index in [0.29, 0.717) is 5.56 Å². The van der Waals surface area contributed by atoms with Gasteiger partial charge in [-0.25, -0.2) is 5.10 Å². The van der Waals surface area contributed by atoms with Crippen LogP contribution in [0.5, 0.6) is 5.88 Å². The van der Waals surface area contributed by atoms with Crippen LogP contribution in [0.15, 0.2) is 35.2 Å². The fourth-order valence-electron chi connectivity index (χ4n) is 1.36. The van der Waals surface area contributed by atoms with E-state index in [1.165, 1.54) is 0 Å². The average molecular weight is 240 g/mol. The summed E-state index contributed by atoms with van der Waals surface area (Å²) in [5.74, 6) is -0.679. The maximum atomic E-state index is 11.0. The van der Waals surface area contributed by atoms with E-state index < -0.39 is 20.9 Å². The van der Waals surface area contributed by atoms with Gasteiger partial charge < -0.3 is 5.11 Å². The lowest BCUT2D eigenvalue weighted by atomic mass is 10.2. The number of benzene rings is 1. The highest BCUT2D eigenvalue weighted by atomic mass is 32.2. The van der Waals surface area contributed by atoms with Gasteiger partial charge in [0.15, 0.2) is 4.90 Å². The molecule has 2 aromatic rings. The predicted molar refractivity (Wildman–Crippen MR) is 55.5 cm³/mol. The van der Waals surface area contributed by atoms with Crippen molar-refractivity contribution in [3.8, 4) is 17.1 Å². The van der Waals surface area contributed by atoms with Gasteiger partial charge in [-0.2, -0.15) is 13.5 Å². The fraction of sp³-hybridized carbons (Fsp3) is 0. The van der Waals surface area contributed by atoms with Crippen LogP contribution >= 0.6 is 0 Å². The first kappa shape index (κ1) is 10.7. The molecule has 6 nitrogen and oxygen atoms in total. The van der Waals surface area contributed by atoms with Crippen LogP contribution in [0.25, 0.3) is 11.3 Å². The zero-order valence-corrected chi connectivity index (χ0v) is 8.77. The Kier molecular flexibility index (Phi) is 2.41. The highest BCUT2D eigenvalue weighted by molar-refractivity contribution is 7.86. The summed E-state index contributed by atoms with van der Waals surface area (Å²) in [7, 11) is -4.51. The number of nitrogens with zero attached hydrogens (tertiary/aromatic N) is 1. The Hall–Kier alpha value is -1.86. The standard InChI is InChI=1S/C9H8N2O4S/c12-9-8(16(13,14)15)7(10-11-9)6-4-2-1-3-5-6/h1-5H,(H2,10,11,12)(H,13,14,15). The zero-order valence-electron chi connectivity index (χ0n) is 7.95. The summed E-state index contributed by atoms with van der Waals surface area (Å²) in [6.07, 6.45) is 0. The van der Waals surface area contributed by atoms with Crippen LogP contribution in [0.4, 0.5) is 0 Å². The highest BCUT2D eigenvalue weighted by Gasteiger charge is 2.25. The van der Waals surface area contributed by atoms with Gasteiger partial charge in [-0.1, -0.05) is 30.3 Å². The van der Waals surface area contributed by atoms with Crippen molar-refractivity contribution in [2.45, 2.75) is 4.90 Å². The Morgan fingerprint density at radius 2 is 1.81 bits per heavy atom. The topological polar surface area (TPSA) is 103 Å². The molecule has 0 bridgehead atoms. The molecule has 0 saturated heterocycles. The largest absolute Gasteiger partial charge is 0.493 e. The van der Waals surface area contributed by atoms with Crippen LogP contribution < -0.4 is 0 Å². The lowest BCUT2D eigenvalue weighted by molar-refractivity contribution is 0.429. The van der Waals surface area contributed by atoms with Gasteiger partial charge in [-0.05, 0) is 0 Å². The van der Waals surface area contributed by atoms with Crippen molar-refractivity contribution < 1.29 is 18.1 Å².